The molecule has 6 nitrogen and oxygen atoms in total. The van der Waals surface area contributed by atoms with Crippen LogP contribution in [0, 0.1) is 0 Å². The molecule has 0 unspecified atom stereocenters. The van der Waals surface area contributed by atoms with Gasteiger partial charge in [-0.2, -0.15) is 5.10 Å². The lowest BCUT2D eigenvalue weighted by molar-refractivity contribution is 0.106. The molecule has 148 valence electrons. The van der Waals surface area contributed by atoms with Gasteiger partial charge in [-0.3, -0.25) is 10.2 Å². The Kier molecular flexibility index (Phi) is 5.61. The van der Waals surface area contributed by atoms with Crippen LogP contribution >= 0.6 is 23.2 Å². The van der Waals surface area contributed by atoms with Crippen LogP contribution in [0.15, 0.2) is 87.1 Å². The van der Waals surface area contributed by atoms with E-state index >= 15 is 0 Å². The highest BCUT2D eigenvalue weighted by molar-refractivity contribution is 6.51. The summed E-state index contributed by atoms with van der Waals surface area (Å²) in [6.07, 6.45) is 0. The normalized spacial score (nSPS) is 11.5. The second kappa shape index (κ2) is 8.49. The predicted molar refractivity (Wildman–Crippen MR) is 118 cm³/mol. The van der Waals surface area contributed by atoms with Crippen molar-refractivity contribution in [2.45, 2.75) is 0 Å². The third-order valence-corrected chi connectivity index (χ3v) is 4.68. The number of anilines is 1. The second-order valence-corrected chi connectivity index (χ2v) is 7.11. The van der Waals surface area contributed by atoms with Crippen LogP contribution in [-0.2, 0) is 0 Å². The predicted octanol–water partition coefficient (Wildman–Crippen LogP) is 5.19. The molecule has 0 aliphatic heterocycles. The van der Waals surface area contributed by atoms with Gasteiger partial charge in [-0.15, -0.1) is 0 Å². The van der Waals surface area contributed by atoms with Crippen LogP contribution in [0.4, 0.5) is 5.69 Å². The topological polar surface area (TPSA) is 84.6 Å². The maximum absolute atomic E-state index is 13.2. The van der Waals surface area contributed by atoms with Crippen LogP contribution in [0.1, 0.15) is 16.1 Å². The number of ketones is 1. The number of Topliss-reactive ketones (excluding diaryl/α,β-unsaturated/α-hetero) is 1. The van der Waals surface area contributed by atoms with E-state index in [0.29, 0.717) is 32.4 Å². The smallest absolute Gasteiger partial charge is 0.364 e. The highest BCUT2D eigenvalue weighted by Crippen LogP contribution is 2.16. The van der Waals surface area contributed by atoms with Crippen molar-refractivity contribution in [3.8, 4) is 0 Å². The minimum Gasteiger partial charge on any atom is -0.419 e. The molecule has 30 heavy (non-hydrogen) atoms. The second-order valence-electron chi connectivity index (χ2n) is 6.23. The SMILES string of the molecule is O=C(/C(=N\Nc1ccc(Cl)cc1)c1nc2ccccc2oc1=O)c1ccc(Cl)cc1. The van der Waals surface area contributed by atoms with Crippen molar-refractivity contribution < 1.29 is 9.21 Å². The molecule has 1 N–H and O–H groups in total. The first-order chi connectivity index (χ1) is 14.5. The molecule has 0 atom stereocenters. The molecular formula is C22H13Cl2N3O3. The van der Waals surface area contributed by atoms with Crippen LogP contribution in [0.25, 0.3) is 11.1 Å². The van der Waals surface area contributed by atoms with E-state index in [4.69, 9.17) is 27.6 Å². The standard InChI is InChI=1S/C22H13Cl2N3O3/c23-14-7-5-13(6-8-14)21(28)19(27-26-16-11-9-15(24)10-12-16)20-22(29)30-18-4-2-1-3-17(18)25-20/h1-12,26H/b27-19-. The molecule has 0 amide bonds. The van der Waals surface area contributed by atoms with Gasteiger partial charge in [-0.05, 0) is 60.7 Å². The minimum absolute atomic E-state index is 0.188. The Morgan fingerprint density at radius 3 is 2.23 bits per heavy atom. The Morgan fingerprint density at radius 2 is 1.53 bits per heavy atom. The number of halogens is 2. The van der Waals surface area contributed by atoms with Gasteiger partial charge in [0.25, 0.3) is 0 Å². The van der Waals surface area contributed by atoms with Crippen LogP contribution in [-0.4, -0.2) is 16.5 Å². The fourth-order valence-corrected chi connectivity index (χ4v) is 2.95. The fraction of sp³-hybridized carbons (Fsp3) is 0. The van der Waals surface area contributed by atoms with E-state index in [2.05, 4.69) is 15.5 Å². The molecule has 8 heteroatoms. The lowest BCUT2D eigenvalue weighted by Gasteiger charge is -2.07. The van der Waals surface area contributed by atoms with E-state index in [9.17, 15) is 9.59 Å². The summed E-state index contributed by atoms with van der Waals surface area (Å²) in [5.74, 6) is -0.511. The first kappa shape index (κ1) is 19.8. The summed E-state index contributed by atoms with van der Waals surface area (Å²) in [6, 6.07) is 19.7. The van der Waals surface area contributed by atoms with Gasteiger partial charge in [-0.1, -0.05) is 35.3 Å². The lowest BCUT2D eigenvalue weighted by Crippen LogP contribution is -2.26. The van der Waals surface area contributed by atoms with Crippen LogP contribution in [0.5, 0.6) is 0 Å². The molecule has 0 saturated carbocycles. The van der Waals surface area contributed by atoms with E-state index in [1.54, 1.807) is 72.8 Å². The van der Waals surface area contributed by atoms with Crippen molar-refractivity contribution in [2.75, 3.05) is 5.43 Å². The summed E-state index contributed by atoms with van der Waals surface area (Å²) in [5, 5.41) is 5.21. The molecule has 0 radical (unpaired) electrons. The summed E-state index contributed by atoms with van der Waals surface area (Å²) in [4.78, 5) is 30.1. The number of benzene rings is 3. The third-order valence-electron chi connectivity index (χ3n) is 4.18. The Balaban J connectivity index is 1.82. The number of nitrogens with one attached hydrogen (secondary N) is 1. The molecule has 1 aromatic heterocycles. The number of carbonyl (C=O) groups is 1. The summed E-state index contributed by atoms with van der Waals surface area (Å²) >= 11 is 11.8. The molecular weight excluding hydrogens is 425 g/mol. The lowest BCUT2D eigenvalue weighted by atomic mass is 10.0. The molecule has 0 spiro atoms. The minimum atomic E-state index is -0.771. The fourth-order valence-electron chi connectivity index (χ4n) is 2.69. The van der Waals surface area contributed by atoms with E-state index in [0.717, 1.165) is 0 Å². The van der Waals surface area contributed by atoms with Crippen LogP contribution in [0.3, 0.4) is 0 Å². The zero-order chi connectivity index (χ0) is 21.1. The number of para-hydroxylation sites is 2. The first-order valence-electron chi connectivity index (χ1n) is 8.81. The van der Waals surface area contributed by atoms with Gasteiger partial charge in [0.05, 0.1) is 5.69 Å². The Hall–Kier alpha value is -3.48. The molecule has 1 heterocycles. The van der Waals surface area contributed by atoms with E-state index in [1.165, 1.54) is 0 Å². The molecule has 0 aliphatic rings. The van der Waals surface area contributed by atoms with Crippen molar-refractivity contribution in [1.82, 2.24) is 4.98 Å². The van der Waals surface area contributed by atoms with Gasteiger partial charge >= 0.3 is 5.63 Å². The molecule has 3 aromatic carbocycles. The summed E-state index contributed by atoms with van der Waals surface area (Å²) < 4.78 is 5.33. The largest absolute Gasteiger partial charge is 0.419 e. The maximum atomic E-state index is 13.2. The van der Waals surface area contributed by atoms with Gasteiger partial charge < -0.3 is 4.42 Å². The van der Waals surface area contributed by atoms with Crippen molar-refractivity contribution in [2.24, 2.45) is 5.10 Å². The van der Waals surface area contributed by atoms with Crippen LogP contribution in [0.2, 0.25) is 10.0 Å². The average molecular weight is 438 g/mol. The summed E-state index contributed by atoms with van der Waals surface area (Å²) in [7, 11) is 0. The zero-order valence-corrected chi connectivity index (χ0v) is 16.8. The van der Waals surface area contributed by atoms with E-state index in [1.807, 2.05) is 0 Å². The third kappa shape index (κ3) is 4.25. The zero-order valence-electron chi connectivity index (χ0n) is 15.3. The van der Waals surface area contributed by atoms with Crippen molar-refractivity contribution >= 4 is 51.5 Å². The highest BCUT2D eigenvalue weighted by Gasteiger charge is 2.23. The number of fused-ring (bicyclic) bond motifs is 1. The number of hydrazone groups is 1. The summed E-state index contributed by atoms with van der Waals surface area (Å²) in [6.45, 7) is 0. The number of aromatic nitrogens is 1. The Labute approximate surface area is 180 Å². The number of nitrogens with zero attached hydrogens (tertiary/aromatic N) is 2. The molecule has 0 saturated heterocycles. The highest BCUT2D eigenvalue weighted by atomic mass is 35.5. The molecule has 0 bridgehead atoms. The monoisotopic (exact) mass is 437 g/mol. The van der Waals surface area contributed by atoms with Gasteiger partial charge in [0, 0.05) is 15.6 Å². The van der Waals surface area contributed by atoms with Crippen LogP contribution < -0.4 is 11.1 Å². The first-order valence-corrected chi connectivity index (χ1v) is 9.56. The Bertz CT molecular complexity index is 1310. The number of hydrogen-bond acceptors (Lipinski definition) is 6. The molecule has 0 fully saturated rings. The Morgan fingerprint density at radius 1 is 0.900 bits per heavy atom. The van der Waals surface area contributed by atoms with Gasteiger partial charge in [-0.25, -0.2) is 9.78 Å². The van der Waals surface area contributed by atoms with Gasteiger partial charge in [0.15, 0.2) is 17.0 Å². The quantitative estimate of drug-likeness (QED) is 0.263. The maximum Gasteiger partial charge on any atom is 0.364 e. The van der Waals surface area contributed by atoms with E-state index in [-0.39, 0.29) is 11.4 Å². The average Bonchev–Trinajstić information content (AvgIpc) is 2.75. The van der Waals surface area contributed by atoms with Crippen molar-refractivity contribution in [3.05, 3.63) is 105 Å². The number of rotatable bonds is 5. The molecule has 0 aliphatic carbocycles. The number of carbonyl (C=O) groups excluding carboxylic acids is 1. The van der Waals surface area contributed by atoms with E-state index < -0.39 is 11.4 Å². The van der Waals surface area contributed by atoms with Gasteiger partial charge in [0.1, 0.15) is 5.52 Å². The van der Waals surface area contributed by atoms with Gasteiger partial charge in [0.2, 0.25) is 5.78 Å². The van der Waals surface area contributed by atoms with Crippen molar-refractivity contribution in [1.29, 1.82) is 0 Å². The summed E-state index contributed by atoms with van der Waals surface area (Å²) in [5.41, 5.74) is 3.22. The number of hydrogen-bond donors (Lipinski definition) is 1. The molecule has 4 aromatic rings. The van der Waals surface area contributed by atoms with Crippen molar-refractivity contribution in [3.63, 3.8) is 0 Å². The molecule has 4 rings (SSSR count).